The number of nitrogens with one attached hydrogen (secondary N) is 1. The molecule has 0 aromatic carbocycles. The highest BCUT2D eigenvalue weighted by Crippen LogP contribution is 2.32. The quantitative estimate of drug-likeness (QED) is 0.0341. The lowest BCUT2D eigenvalue weighted by Crippen LogP contribution is -2.66. The van der Waals surface area contributed by atoms with Crippen LogP contribution in [0.5, 0.6) is 0 Å². The molecule has 3 rings (SSSR count). The van der Waals surface area contributed by atoms with E-state index in [0.717, 1.165) is 19.3 Å². The van der Waals surface area contributed by atoms with Crippen molar-refractivity contribution in [3.8, 4) is 0 Å². The monoisotopic (exact) mass is 839 g/mol. The molecule has 3 heterocycles. The lowest BCUT2D eigenvalue weighted by atomic mass is 9.96. The van der Waals surface area contributed by atoms with Crippen LogP contribution in [0.1, 0.15) is 84.5 Å². The summed E-state index contributed by atoms with van der Waals surface area (Å²) in [4.78, 5) is 12.5. The number of rotatable bonds is 25. The number of ether oxygens (including phenoxy) is 6. The van der Waals surface area contributed by atoms with Gasteiger partial charge < -0.3 is 89.9 Å². The molecule has 3 aliphatic rings. The summed E-state index contributed by atoms with van der Waals surface area (Å²) in [6.07, 6.45) is -8.65. The maximum absolute atomic E-state index is 12.5. The van der Waals surface area contributed by atoms with Crippen molar-refractivity contribution in [1.82, 2.24) is 5.32 Å². The molecule has 17 unspecified atom stereocenters. The number of allylic oxidation sites excluding steroid dienone is 3. The van der Waals surface area contributed by atoms with Gasteiger partial charge in [0.2, 0.25) is 5.91 Å². The van der Waals surface area contributed by atoms with E-state index >= 15 is 0 Å². The Morgan fingerprint density at radius 3 is 1.69 bits per heavy atom. The van der Waals surface area contributed by atoms with Crippen molar-refractivity contribution in [2.75, 3.05) is 26.4 Å². The van der Waals surface area contributed by atoms with Crippen LogP contribution in [0.4, 0.5) is 0 Å². The predicted molar refractivity (Wildman–Crippen MR) is 203 cm³/mol. The fraction of sp³-hybridized carbons (Fsp3) is 0.872. The van der Waals surface area contributed by atoms with Crippen molar-refractivity contribution in [3.63, 3.8) is 0 Å². The van der Waals surface area contributed by atoms with E-state index in [1.807, 2.05) is 6.92 Å². The number of carbonyl (C=O) groups is 1. The number of aliphatic hydroxyl groups excluding tert-OH is 11. The summed E-state index contributed by atoms with van der Waals surface area (Å²) in [6, 6.07) is -0.978. The van der Waals surface area contributed by atoms with Gasteiger partial charge in [0.05, 0.1) is 38.6 Å². The second-order valence-electron chi connectivity index (χ2n) is 15.1. The minimum absolute atomic E-state index is 0.185. The lowest BCUT2D eigenvalue weighted by molar-refractivity contribution is -0.379. The highest BCUT2D eigenvalue weighted by molar-refractivity contribution is 5.76. The third-order valence-corrected chi connectivity index (χ3v) is 10.5. The Kier molecular flexibility index (Phi) is 23.2. The van der Waals surface area contributed by atoms with Gasteiger partial charge in [0.15, 0.2) is 18.9 Å². The van der Waals surface area contributed by atoms with Gasteiger partial charge >= 0.3 is 0 Å². The Labute approximate surface area is 339 Å². The Balaban J connectivity index is 1.58. The zero-order valence-corrected chi connectivity index (χ0v) is 33.5. The van der Waals surface area contributed by atoms with E-state index in [4.69, 9.17) is 28.4 Å². The van der Waals surface area contributed by atoms with Gasteiger partial charge in [-0.25, -0.2) is 0 Å². The normalized spacial score (nSPS) is 37.0. The van der Waals surface area contributed by atoms with E-state index in [1.165, 1.54) is 38.2 Å². The van der Waals surface area contributed by atoms with Crippen LogP contribution in [-0.4, -0.2) is 193 Å². The molecule has 12 N–H and O–H groups in total. The average Bonchev–Trinajstić information content (AvgIpc) is 3.21. The van der Waals surface area contributed by atoms with Crippen LogP contribution in [0.15, 0.2) is 24.3 Å². The Hall–Kier alpha value is -1.73. The zero-order chi connectivity index (χ0) is 42.8. The Morgan fingerprint density at radius 1 is 0.603 bits per heavy atom. The second-order valence-corrected chi connectivity index (χ2v) is 15.1. The van der Waals surface area contributed by atoms with Crippen LogP contribution in [0.25, 0.3) is 0 Å². The van der Waals surface area contributed by atoms with E-state index in [1.54, 1.807) is 6.08 Å². The number of carbonyl (C=O) groups excluding carboxylic acids is 1. The molecule has 0 aliphatic carbocycles. The zero-order valence-electron chi connectivity index (χ0n) is 33.5. The SMILES string of the molecule is CCCCCCCC/C=C/CC/C=C/C(O)C(COC1OC(CO)C(OC2OC(CO)C(OC3OC(CO)C(O)C(O)C3O)C(O)C2O)C(O)C1O)NC(=O)CCC. The maximum Gasteiger partial charge on any atom is 0.220 e. The van der Waals surface area contributed by atoms with Gasteiger partial charge in [-0.3, -0.25) is 4.79 Å². The fourth-order valence-corrected chi connectivity index (χ4v) is 6.95. The van der Waals surface area contributed by atoms with E-state index in [9.17, 15) is 61.0 Å². The summed E-state index contributed by atoms with van der Waals surface area (Å²) in [7, 11) is 0. The van der Waals surface area contributed by atoms with E-state index in [0.29, 0.717) is 12.8 Å². The van der Waals surface area contributed by atoms with Gasteiger partial charge in [-0.2, -0.15) is 0 Å². The largest absolute Gasteiger partial charge is 0.394 e. The fourth-order valence-electron chi connectivity index (χ4n) is 6.95. The molecule has 0 radical (unpaired) electrons. The molecular weight excluding hydrogens is 770 g/mol. The number of hydrogen-bond donors (Lipinski definition) is 12. The molecule has 58 heavy (non-hydrogen) atoms. The molecule has 0 aromatic heterocycles. The van der Waals surface area contributed by atoms with Crippen molar-refractivity contribution in [3.05, 3.63) is 24.3 Å². The molecule has 3 saturated heterocycles. The average molecular weight is 840 g/mol. The van der Waals surface area contributed by atoms with Crippen molar-refractivity contribution in [2.24, 2.45) is 0 Å². The van der Waals surface area contributed by atoms with Crippen molar-refractivity contribution >= 4 is 5.91 Å². The summed E-state index contributed by atoms with van der Waals surface area (Å²) >= 11 is 0. The van der Waals surface area contributed by atoms with Crippen LogP contribution in [0, 0.1) is 0 Å². The summed E-state index contributed by atoms with van der Waals surface area (Å²) in [5.74, 6) is -0.344. The van der Waals surface area contributed by atoms with Crippen LogP contribution >= 0.6 is 0 Å². The number of amides is 1. The standard InChI is InChI=1S/C39H69NO18/c1-3-5-6-7-8-9-10-11-12-13-14-15-17-23(44)22(40-27(45)16-4-2)21-53-37-33(51)30(48)35(25(19-42)55-37)58-39-34(52)31(49)36(26(20-43)56-39)57-38-32(50)29(47)28(46)24(18-41)54-38/h11-12,15,17,22-26,28-39,41-44,46-52H,3-10,13-14,16,18-21H2,1-2H3,(H,40,45)/b12-11+,17-15+. The summed E-state index contributed by atoms with van der Waals surface area (Å²) in [5, 5.41) is 118. The lowest BCUT2D eigenvalue weighted by Gasteiger charge is -2.48. The molecule has 0 bridgehead atoms. The first kappa shape index (κ1) is 50.6. The molecule has 17 atom stereocenters. The van der Waals surface area contributed by atoms with Crippen molar-refractivity contribution in [1.29, 1.82) is 0 Å². The van der Waals surface area contributed by atoms with Crippen LogP contribution < -0.4 is 5.32 Å². The predicted octanol–water partition coefficient (Wildman–Crippen LogP) is -2.26. The van der Waals surface area contributed by atoms with Gasteiger partial charge in [-0.15, -0.1) is 0 Å². The molecule has 19 nitrogen and oxygen atoms in total. The first-order valence-corrected chi connectivity index (χ1v) is 20.6. The number of unbranched alkanes of at least 4 members (excludes halogenated alkanes) is 7. The molecule has 338 valence electrons. The van der Waals surface area contributed by atoms with Crippen LogP contribution in [-0.2, 0) is 33.2 Å². The van der Waals surface area contributed by atoms with Crippen molar-refractivity contribution in [2.45, 2.75) is 189 Å². The summed E-state index contributed by atoms with van der Waals surface area (Å²) in [5.41, 5.74) is 0. The highest BCUT2D eigenvalue weighted by Gasteiger charge is 2.53. The van der Waals surface area contributed by atoms with E-state index in [-0.39, 0.29) is 18.9 Å². The van der Waals surface area contributed by atoms with Crippen LogP contribution in [0.2, 0.25) is 0 Å². The Morgan fingerprint density at radius 2 is 1.10 bits per heavy atom. The summed E-state index contributed by atoms with van der Waals surface area (Å²) in [6.45, 7) is 1.22. The minimum atomic E-state index is -1.97. The molecule has 0 aromatic rings. The highest BCUT2D eigenvalue weighted by atomic mass is 16.8. The van der Waals surface area contributed by atoms with Gasteiger partial charge in [0.25, 0.3) is 0 Å². The smallest absolute Gasteiger partial charge is 0.220 e. The number of aliphatic hydroxyl groups is 11. The van der Waals surface area contributed by atoms with Gasteiger partial charge in [0.1, 0.15) is 73.2 Å². The minimum Gasteiger partial charge on any atom is -0.394 e. The van der Waals surface area contributed by atoms with Gasteiger partial charge in [-0.05, 0) is 32.1 Å². The van der Waals surface area contributed by atoms with E-state index < -0.39 is 124 Å². The van der Waals surface area contributed by atoms with E-state index in [2.05, 4.69) is 24.4 Å². The van der Waals surface area contributed by atoms with Crippen molar-refractivity contribution < 1.29 is 89.4 Å². The Bertz CT molecular complexity index is 1190. The molecular formula is C39H69NO18. The molecule has 0 spiro atoms. The second kappa shape index (κ2) is 26.6. The van der Waals surface area contributed by atoms with Crippen LogP contribution in [0.3, 0.4) is 0 Å². The summed E-state index contributed by atoms with van der Waals surface area (Å²) < 4.78 is 33.6. The van der Waals surface area contributed by atoms with Gasteiger partial charge in [-0.1, -0.05) is 70.3 Å². The topological polar surface area (TPSA) is 307 Å². The number of hydrogen-bond acceptors (Lipinski definition) is 18. The first-order valence-electron chi connectivity index (χ1n) is 20.6. The third-order valence-electron chi connectivity index (χ3n) is 10.5. The first-order chi connectivity index (χ1) is 27.8. The molecule has 19 heteroatoms. The molecule has 1 amide bonds. The molecule has 3 fully saturated rings. The third kappa shape index (κ3) is 14.7. The molecule has 3 aliphatic heterocycles. The van der Waals surface area contributed by atoms with Gasteiger partial charge in [0, 0.05) is 6.42 Å². The maximum atomic E-state index is 12.5. The molecule has 0 saturated carbocycles.